The fraction of sp³-hybridized carbons (Fsp3) is 0.794. The Morgan fingerprint density at radius 3 is 1.98 bits per heavy atom. The summed E-state index contributed by atoms with van der Waals surface area (Å²) < 4.78 is 18.1. The Labute approximate surface area is 247 Å². The lowest BCUT2D eigenvalue weighted by Gasteiger charge is -2.35. The highest BCUT2D eigenvalue weighted by atomic mass is 16.6. The first-order chi connectivity index (χ1) is 19.4. The van der Waals surface area contributed by atoms with E-state index in [9.17, 15) is 14.4 Å². The van der Waals surface area contributed by atoms with Crippen molar-refractivity contribution in [2.45, 2.75) is 143 Å². The topological polar surface area (TPSA) is 82.1 Å². The van der Waals surface area contributed by atoms with Gasteiger partial charge in [-0.05, 0) is 88.5 Å². The zero-order valence-corrected chi connectivity index (χ0v) is 26.4. The van der Waals surface area contributed by atoms with Crippen molar-refractivity contribution in [2.75, 3.05) is 0 Å². The highest BCUT2D eigenvalue weighted by Gasteiger charge is 2.54. The molecule has 0 aromatic heterocycles. The molecule has 2 bridgehead atoms. The zero-order valence-electron chi connectivity index (χ0n) is 26.4. The number of carbonyl (C=O) groups is 3. The highest BCUT2D eigenvalue weighted by Crippen LogP contribution is 2.44. The molecule has 2 aliphatic carbocycles. The maximum atomic E-state index is 13.9. The van der Waals surface area contributed by atoms with Gasteiger partial charge in [-0.25, -0.2) is 9.59 Å². The van der Waals surface area contributed by atoms with Gasteiger partial charge in [0.25, 0.3) is 0 Å². The fourth-order valence-electron chi connectivity index (χ4n) is 7.53. The first kappa shape index (κ1) is 31.6. The van der Waals surface area contributed by atoms with Crippen molar-refractivity contribution in [1.29, 1.82) is 0 Å². The number of carbonyl (C=O) groups excluding carboxylic acids is 3. The van der Waals surface area contributed by atoms with Gasteiger partial charge in [0.2, 0.25) is 0 Å². The maximum absolute atomic E-state index is 13.9. The van der Waals surface area contributed by atoms with Gasteiger partial charge < -0.3 is 14.2 Å². The average Bonchev–Trinajstić information content (AvgIpc) is 3.43. The van der Waals surface area contributed by atoms with Crippen molar-refractivity contribution in [1.82, 2.24) is 4.90 Å². The Morgan fingerprint density at radius 1 is 0.878 bits per heavy atom. The van der Waals surface area contributed by atoms with E-state index in [0.29, 0.717) is 29.2 Å². The van der Waals surface area contributed by atoms with E-state index in [2.05, 4.69) is 27.7 Å². The van der Waals surface area contributed by atoms with Crippen molar-refractivity contribution < 1.29 is 28.6 Å². The van der Waals surface area contributed by atoms with E-state index in [1.54, 1.807) is 4.90 Å². The second kappa shape index (κ2) is 13.3. The van der Waals surface area contributed by atoms with E-state index >= 15 is 0 Å². The molecule has 7 heteroatoms. The molecule has 0 unspecified atom stereocenters. The molecule has 0 aromatic rings. The molecular formula is C34H53NO6. The number of ether oxygens (including phenoxy) is 3. The minimum atomic E-state index is -0.749. The van der Waals surface area contributed by atoms with Crippen LogP contribution in [0.5, 0.6) is 0 Å². The smallest absolute Gasteiger partial charge is 0.411 e. The first-order valence-corrected chi connectivity index (χ1v) is 16.2. The summed E-state index contributed by atoms with van der Waals surface area (Å²) in [7, 11) is 0. The minimum Gasteiger partial charge on any atom is -0.462 e. The normalized spacial score (nSPS) is 35.9. The van der Waals surface area contributed by atoms with Gasteiger partial charge in [0.15, 0.2) is 0 Å². The summed E-state index contributed by atoms with van der Waals surface area (Å²) in [5, 5.41) is 0. The summed E-state index contributed by atoms with van der Waals surface area (Å²) in [6.07, 6.45) is 14.8. The molecule has 4 aliphatic rings. The average molecular weight is 572 g/mol. The molecule has 0 aromatic carbocycles. The van der Waals surface area contributed by atoms with Crippen molar-refractivity contribution in [3.8, 4) is 0 Å². The summed E-state index contributed by atoms with van der Waals surface area (Å²) in [6, 6.07) is -1.08. The monoisotopic (exact) mass is 571 g/mol. The van der Waals surface area contributed by atoms with Crippen LogP contribution in [0.4, 0.5) is 4.79 Å². The molecule has 1 saturated heterocycles. The quantitative estimate of drug-likeness (QED) is 0.131. The molecule has 2 saturated carbocycles. The molecule has 0 N–H and O–H groups in total. The van der Waals surface area contributed by atoms with Crippen molar-refractivity contribution in [3.05, 3.63) is 23.8 Å². The van der Waals surface area contributed by atoms with Crippen LogP contribution in [-0.2, 0) is 23.8 Å². The summed E-state index contributed by atoms with van der Waals surface area (Å²) in [5.74, 6) is 0.180. The van der Waals surface area contributed by atoms with Crippen LogP contribution >= 0.6 is 0 Å². The lowest BCUT2D eigenvalue weighted by molar-refractivity contribution is -0.158. The van der Waals surface area contributed by atoms with Crippen LogP contribution in [0, 0.1) is 29.6 Å². The van der Waals surface area contributed by atoms with Gasteiger partial charge >= 0.3 is 18.0 Å². The Balaban J connectivity index is 1.59. The van der Waals surface area contributed by atoms with Crippen LogP contribution in [-0.4, -0.2) is 52.8 Å². The van der Waals surface area contributed by atoms with Crippen LogP contribution < -0.4 is 0 Å². The largest absolute Gasteiger partial charge is 0.462 e. The third kappa shape index (κ3) is 7.56. The Bertz CT molecular complexity index is 1010. The number of rotatable bonds is 8. The third-order valence-corrected chi connectivity index (χ3v) is 9.53. The molecule has 7 nitrogen and oxygen atoms in total. The van der Waals surface area contributed by atoms with Gasteiger partial charge in [0.1, 0.15) is 23.7 Å². The fourth-order valence-corrected chi connectivity index (χ4v) is 7.53. The Hall–Kier alpha value is -2.31. The second-order valence-corrected chi connectivity index (χ2v) is 14.2. The van der Waals surface area contributed by atoms with Crippen LogP contribution in [0.25, 0.3) is 0 Å². The molecule has 1 amide bonds. The van der Waals surface area contributed by atoms with E-state index in [-0.39, 0.29) is 18.2 Å². The van der Waals surface area contributed by atoms with Crippen molar-refractivity contribution in [2.24, 2.45) is 29.6 Å². The molecule has 41 heavy (non-hydrogen) atoms. The predicted octanol–water partition coefficient (Wildman–Crippen LogP) is 7.38. The van der Waals surface area contributed by atoms with E-state index in [4.69, 9.17) is 14.2 Å². The molecule has 4 rings (SSSR count). The number of amides is 1. The first-order valence-electron chi connectivity index (χ1n) is 16.2. The minimum absolute atomic E-state index is 0.122. The summed E-state index contributed by atoms with van der Waals surface area (Å²) in [6.45, 7) is 14.2. The highest BCUT2D eigenvalue weighted by molar-refractivity contribution is 5.89. The predicted molar refractivity (Wildman–Crippen MR) is 159 cm³/mol. The SMILES string of the molecule is CCC[C@@H]1CC[C@@H](C)C[C@H]1OC(=O)/C=C1\[C@@H](C(=O)O[C@@H]2C[C@H](C)CC[C@H]2CCC)[C@@H]2C=C[C@H]1N2C(=O)OC(C)(C)C. The third-order valence-electron chi connectivity index (χ3n) is 9.53. The molecular weight excluding hydrogens is 518 g/mol. The van der Waals surface area contributed by atoms with Crippen LogP contribution in [0.2, 0.25) is 0 Å². The lowest BCUT2D eigenvalue weighted by Crippen LogP contribution is -2.42. The molecule has 3 fully saturated rings. The number of esters is 2. The van der Waals surface area contributed by atoms with Crippen LogP contribution in [0.3, 0.4) is 0 Å². The summed E-state index contributed by atoms with van der Waals surface area (Å²) >= 11 is 0. The second-order valence-electron chi connectivity index (χ2n) is 14.2. The van der Waals surface area contributed by atoms with E-state index in [1.165, 1.54) is 6.08 Å². The number of hydrogen-bond donors (Lipinski definition) is 0. The van der Waals surface area contributed by atoms with Crippen LogP contribution in [0.1, 0.15) is 113 Å². The van der Waals surface area contributed by atoms with Gasteiger partial charge in [-0.15, -0.1) is 0 Å². The summed E-state index contributed by atoms with van der Waals surface area (Å²) in [5.41, 5.74) is -0.111. The van der Waals surface area contributed by atoms with Gasteiger partial charge in [-0.3, -0.25) is 9.69 Å². The Kier molecular flexibility index (Phi) is 10.3. The van der Waals surface area contributed by atoms with Crippen molar-refractivity contribution in [3.63, 3.8) is 0 Å². The number of nitrogens with zero attached hydrogens (tertiary/aromatic N) is 1. The van der Waals surface area contributed by atoms with Gasteiger partial charge in [-0.2, -0.15) is 0 Å². The molecule has 0 radical (unpaired) electrons. The van der Waals surface area contributed by atoms with Crippen molar-refractivity contribution >= 4 is 18.0 Å². The van der Waals surface area contributed by atoms with E-state index in [0.717, 1.165) is 64.2 Å². The van der Waals surface area contributed by atoms with Crippen LogP contribution in [0.15, 0.2) is 23.8 Å². The standard InChI is InChI=1S/C34H53NO6/c1-8-10-23-14-12-21(3)18-28(23)39-30(36)20-25-26-16-17-27(35(26)33(38)41-34(5,6)7)31(25)32(37)40-29-19-22(4)13-15-24(29)11-9-2/h16-17,20-24,26-29,31H,8-15,18-19H2,1-7H3/b25-20-/t21-,22-,23-,24-,26-,27+,28-,29-,31-/m1/s1. The molecule has 230 valence electrons. The maximum Gasteiger partial charge on any atom is 0.411 e. The van der Waals surface area contributed by atoms with E-state index in [1.807, 2.05) is 32.9 Å². The van der Waals surface area contributed by atoms with Gasteiger partial charge in [0, 0.05) is 6.08 Å². The zero-order chi connectivity index (χ0) is 29.9. The summed E-state index contributed by atoms with van der Waals surface area (Å²) in [4.78, 5) is 42.3. The van der Waals surface area contributed by atoms with Gasteiger partial charge in [-0.1, -0.05) is 65.5 Å². The van der Waals surface area contributed by atoms with Gasteiger partial charge in [0.05, 0.1) is 12.1 Å². The molecule has 2 heterocycles. The number of hydrogen-bond acceptors (Lipinski definition) is 6. The number of fused-ring (bicyclic) bond motifs is 2. The lowest BCUT2D eigenvalue weighted by atomic mass is 9.78. The molecule has 2 aliphatic heterocycles. The molecule has 9 atom stereocenters. The van der Waals surface area contributed by atoms with E-state index < -0.39 is 35.7 Å². The molecule has 0 spiro atoms. The Morgan fingerprint density at radius 2 is 1.44 bits per heavy atom.